The minimum Gasteiger partial charge on any atom is -0.334 e. The number of benzene rings is 2. The normalized spacial score (nSPS) is 14.7. The second kappa shape index (κ2) is 5.37. The molecule has 1 aliphatic rings. The maximum absolute atomic E-state index is 4.50. The van der Waals surface area contributed by atoms with Gasteiger partial charge in [0.05, 0.1) is 13.0 Å². The van der Waals surface area contributed by atoms with Crippen LogP contribution in [0, 0.1) is 13.8 Å². The van der Waals surface area contributed by atoms with Crippen molar-refractivity contribution >= 4 is 17.7 Å². The Morgan fingerprint density at radius 3 is 2.10 bits per heavy atom. The molecule has 0 N–H and O–H groups in total. The molecule has 2 aromatic rings. The fraction of sp³-hybridized carbons (Fsp3) is 0.235. The van der Waals surface area contributed by atoms with Crippen LogP contribution in [0.5, 0.6) is 0 Å². The molecule has 0 radical (unpaired) electrons. The van der Waals surface area contributed by atoms with E-state index in [-0.39, 0.29) is 0 Å². The smallest absolute Gasteiger partial charge is 0.113 e. The zero-order valence-corrected chi connectivity index (χ0v) is 12.0. The van der Waals surface area contributed by atoms with E-state index >= 15 is 0 Å². The van der Waals surface area contributed by atoms with Crippen molar-refractivity contribution in [2.24, 2.45) is 4.99 Å². The lowest BCUT2D eigenvalue weighted by atomic mass is 10.1. The molecule has 0 unspecified atom stereocenters. The molecule has 0 amide bonds. The highest BCUT2D eigenvalue weighted by molar-refractivity contribution is 5.82. The van der Waals surface area contributed by atoms with Crippen molar-refractivity contribution in [2.45, 2.75) is 13.8 Å². The highest BCUT2D eigenvalue weighted by Crippen LogP contribution is 2.24. The van der Waals surface area contributed by atoms with Crippen LogP contribution >= 0.6 is 0 Å². The molecule has 0 fully saturated rings. The minimum absolute atomic E-state index is 0.716. The summed E-state index contributed by atoms with van der Waals surface area (Å²) in [6, 6.07) is 16.9. The molecule has 1 aliphatic heterocycles. The quantitative estimate of drug-likeness (QED) is 0.826. The van der Waals surface area contributed by atoms with E-state index in [0.717, 1.165) is 6.67 Å². The summed E-state index contributed by atoms with van der Waals surface area (Å²) in [7, 11) is 0. The van der Waals surface area contributed by atoms with E-state index in [1.165, 1.54) is 22.5 Å². The standard InChI is InChI=1S/C17H19N3/c1-14-7-3-5-9-16(14)19-11-18-12-20(13-19)17-10-6-4-8-15(17)2/h3-11H,12-13H2,1-2H3. The first kappa shape index (κ1) is 12.7. The van der Waals surface area contributed by atoms with Crippen LogP contribution < -0.4 is 9.80 Å². The fourth-order valence-electron chi connectivity index (χ4n) is 2.59. The maximum Gasteiger partial charge on any atom is 0.113 e. The van der Waals surface area contributed by atoms with Crippen LogP contribution in [0.3, 0.4) is 0 Å². The lowest BCUT2D eigenvalue weighted by molar-refractivity contribution is 0.781. The predicted octanol–water partition coefficient (Wildman–Crippen LogP) is 3.57. The van der Waals surface area contributed by atoms with Gasteiger partial charge in [-0.3, -0.25) is 4.99 Å². The Morgan fingerprint density at radius 2 is 1.45 bits per heavy atom. The minimum atomic E-state index is 0.716. The third-order valence-corrected chi connectivity index (χ3v) is 3.68. The maximum atomic E-state index is 4.50. The van der Waals surface area contributed by atoms with Gasteiger partial charge in [-0.05, 0) is 37.1 Å². The van der Waals surface area contributed by atoms with Crippen LogP contribution in [0.2, 0.25) is 0 Å². The molecule has 0 aliphatic carbocycles. The second-order valence-electron chi connectivity index (χ2n) is 5.16. The molecule has 0 aromatic heterocycles. The Hall–Kier alpha value is -2.29. The number of rotatable bonds is 2. The average molecular weight is 265 g/mol. The molecule has 102 valence electrons. The van der Waals surface area contributed by atoms with Crippen LogP contribution in [0.1, 0.15) is 11.1 Å². The molecule has 0 saturated carbocycles. The summed E-state index contributed by atoms with van der Waals surface area (Å²) in [6.07, 6.45) is 1.94. The first-order valence-electron chi connectivity index (χ1n) is 6.88. The van der Waals surface area contributed by atoms with Crippen LogP contribution in [-0.4, -0.2) is 19.7 Å². The number of hydrogen-bond donors (Lipinski definition) is 0. The SMILES string of the molecule is Cc1ccccc1N1C=NCN(c2ccccc2C)C1. The summed E-state index contributed by atoms with van der Waals surface area (Å²) in [5, 5.41) is 0. The Bertz CT molecular complexity index is 634. The summed E-state index contributed by atoms with van der Waals surface area (Å²) in [6.45, 7) is 5.83. The Kier molecular flexibility index (Phi) is 3.42. The van der Waals surface area contributed by atoms with E-state index in [4.69, 9.17) is 0 Å². The largest absolute Gasteiger partial charge is 0.334 e. The van der Waals surface area contributed by atoms with E-state index in [2.05, 4.69) is 77.2 Å². The number of hydrogen-bond acceptors (Lipinski definition) is 3. The molecule has 3 nitrogen and oxygen atoms in total. The Balaban J connectivity index is 1.88. The van der Waals surface area contributed by atoms with Gasteiger partial charge in [-0.15, -0.1) is 0 Å². The van der Waals surface area contributed by atoms with Gasteiger partial charge in [0.15, 0.2) is 0 Å². The highest BCUT2D eigenvalue weighted by Gasteiger charge is 2.17. The average Bonchev–Trinajstić information content (AvgIpc) is 2.48. The Labute approximate surface area is 120 Å². The van der Waals surface area contributed by atoms with Crippen molar-refractivity contribution in [3.05, 3.63) is 59.7 Å². The number of para-hydroxylation sites is 2. The summed E-state index contributed by atoms with van der Waals surface area (Å²) in [5.41, 5.74) is 5.03. The van der Waals surface area contributed by atoms with Gasteiger partial charge in [-0.1, -0.05) is 36.4 Å². The molecular formula is C17H19N3. The first-order chi connectivity index (χ1) is 9.75. The van der Waals surface area contributed by atoms with Gasteiger partial charge in [-0.25, -0.2) is 0 Å². The third kappa shape index (κ3) is 2.39. The van der Waals surface area contributed by atoms with Gasteiger partial charge in [-0.2, -0.15) is 0 Å². The summed E-state index contributed by atoms with van der Waals surface area (Å²) >= 11 is 0. The summed E-state index contributed by atoms with van der Waals surface area (Å²) < 4.78 is 0. The van der Waals surface area contributed by atoms with E-state index in [0.29, 0.717) is 6.67 Å². The zero-order valence-electron chi connectivity index (χ0n) is 12.0. The molecule has 20 heavy (non-hydrogen) atoms. The number of aliphatic imine (C=N–C) groups is 1. The Morgan fingerprint density at radius 1 is 0.850 bits per heavy atom. The van der Waals surface area contributed by atoms with E-state index in [1.54, 1.807) is 0 Å². The summed E-state index contributed by atoms with van der Waals surface area (Å²) in [4.78, 5) is 8.99. The van der Waals surface area contributed by atoms with Crippen molar-refractivity contribution in [1.82, 2.24) is 0 Å². The molecular weight excluding hydrogens is 246 g/mol. The lowest BCUT2D eigenvalue weighted by Gasteiger charge is -2.34. The molecule has 0 spiro atoms. The van der Waals surface area contributed by atoms with Crippen LogP contribution in [0.4, 0.5) is 11.4 Å². The molecule has 3 heteroatoms. The molecule has 3 rings (SSSR count). The lowest BCUT2D eigenvalue weighted by Crippen LogP contribution is -2.42. The number of anilines is 2. The monoisotopic (exact) mass is 265 g/mol. The molecule has 1 heterocycles. The van der Waals surface area contributed by atoms with Gasteiger partial charge in [0, 0.05) is 11.4 Å². The summed E-state index contributed by atoms with van der Waals surface area (Å²) in [5.74, 6) is 0. The van der Waals surface area contributed by atoms with E-state index < -0.39 is 0 Å². The van der Waals surface area contributed by atoms with Crippen molar-refractivity contribution in [3.8, 4) is 0 Å². The number of aryl methyl sites for hydroxylation is 2. The fourth-order valence-corrected chi connectivity index (χ4v) is 2.59. The van der Waals surface area contributed by atoms with Gasteiger partial charge in [0.25, 0.3) is 0 Å². The molecule has 2 aromatic carbocycles. The zero-order chi connectivity index (χ0) is 13.9. The van der Waals surface area contributed by atoms with Crippen LogP contribution in [-0.2, 0) is 0 Å². The van der Waals surface area contributed by atoms with Gasteiger partial charge >= 0.3 is 0 Å². The highest BCUT2D eigenvalue weighted by atomic mass is 15.4. The predicted molar refractivity (Wildman–Crippen MR) is 85.5 cm³/mol. The van der Waals surface area contributed by atoms with E-state index in [9.17, 15) is 0 Å². The van der Waals surface area contributed by atoms with Gasteiger partial charge in [0.1, 0.15) is 6.67 Å². The molecule has 0 saturated heterocycles. The van der Waals surface area contributed by atoms with Gasteiger partial charge < -0.3 is 9.80 Å². The van der Waals surface area contributed by atoms with E-state index in [1.807, 2.05) is 6.34 Å². The van der Waals surface area contributed by atoms with Crippen LogP contribution in [0.15, 0.2) is 53.5 Å². The van der Waals surface area contributed by atoms with Gasteiger partial charge in [0.2, 0.25) is 0 Å². The topological polar surface area (TPSA) is 18.8 Å². The molecule has 0 atom stereocenters. The first-order valence-corrected chi connectivity index (χ1v) is 6.88. The van der Waals surface area contributed by atoms with Crippen molar-refractivity contribution in [2.75, 3.05) is 23.1 Å². The molecule has 0 bridgehead atoms. The third-order valence-electron chi connectivity index (χ3n) is 3.68. The van der Waals surface area contributed by atoms with Crippen LogP contribution in [0.25, 0.3) is 0 Å². The van der Waals surface area contributed by atoms with Crippen molar-refractivity contribution in [3.63, 3.8) is 0 Å². The second-order valence-corrected chi connectivity index (χ2v) is 5.16. The van der Waals surface area contributed by atoms with Crippen molar-refractivity contribution < 1.29 is 0 Å². The number of nitrogens with zero attached hydrogens (tertiary/aromatic N) is 3. The van der Waals surface area contributed by atoms with Crippen molar-refractivity contribution in [1.29, 1.82) is 0 Å².